The maximum Gasteiger partial charge on any atom is 0.306 e. The Morgan fingerprint density at radius 2 is 1.92 bits per heavy atom. The summed E-state index contributed by atoms with van der Waals surface area (Å²) in [6.07, 6.45) is 7.43. The van der Waals surface area contributed by atoms with Crippen molar-refractivity contribution in [2.45, 2.75) is 25.9 Å². The number of hydrogen-bond acceptors (Lipinski definition) is 4. The number of nitrogens with one attached hydrogen (secondary N) is 1. The Hall–Kier alpha value is -3.42. The topological polar surface area (TPSA) is 95.0 Å². The van der Waals surface area contributed by atoms with E-state index in [9.17, 15) is 14.9 Å². The van der Waals surface area contributed by atoms with Crippen LogP contribution in [0.4, 0.5) is 5.69 Å². The minimum atomic E-state index is -0.488. The van der Waals surface area contributed by atoms with E-state index in [-0.39, 0.29) is 11.6 Å². The molecule has 1 amide bonds. The molecule has 2 heterocycles. The van der Waals surface area contributed by atoms with E-state index in [1.54, 1.807) is 0 Å². The Balaban J connectivity index is 1.40. The van der Waals surface area contributed by atoms with Crippen molar-refractivity contribution in [3.63, 3.8) is 0 Å². The summed E-state index contributed by atoms with van der Waals surface area (Å²) >= 11 is 0. The van der Waals surface area contributed by atoms with Crippen LogP contribution < -0.4 is 5.32 Å². The van der Waals surface area contributed by atoms with Gasteiger partial charge in [-0.1, -0.05) is 12.1 Å². The molecule has 134 valence electrons. The molecule has 0 aliphatic heterocycles. The summed E-state index contributed by atoms with van der Waals surface area (Å²) in [6, 6.07) is 11.9. The van der Waals surface area contributed by atoms with Crippen LogP contribution in [0.1, 0.15) is 18.4 Å². The zero-order valence-corrected chi connectivity index (χ0v) is 14.1. The average molecular weight is 353 g/mol. The molecule has 0 atom stereocenters. The minimum Gasteiger partial charge on any atom is -0.352 e. The number of amides is 1. The van der Waals surface area contributed by atoms with E-state index in [1.165, 1.54) is 17.1 Å². The largest absolute Gasteiger partial charge is 0.352 e. The number of hydrogen-bond donors (Lipinski definition) is 1. The SMILES string of the molecule is O=C(CCCn1cc([N+](=O)[O-])cn1)NCc1ccc(-n2cccc2)cc1. The molecule has 1 N–H and O–H groups in total. The molecule has 1 aromatic carbocycles. The highest BCUT2D eigenvalue weighted by Gasteiger charge is 2.09. The Morgan fingerprint density at radius 1 is 1.19 bits per heavy atom. The summed E-state index contributed by atoms with van der Waals surface area (Å²) in [4.78, 5) is 22.0. The van der Waals surface area contributed by atoms with Gasteiger partial charge in [-0.25, -0.2) is 0 Å². The van der Waals surface area contributed by atoms with Crippen LogP contribution in [0.5, 0.6) is 0 Å². The molecule has 0 fully saturated rings. The summed E-state index contributed by atoms with van der Waals surface area (Å²) in [7, 11) is 0. The fourth-order valence-electron chi connectivity index (χ4n) is 2.55. The van der Waals surface area contributed by atoms with Crippen LogP contribution in [0.3, 0.4) is 0 Å². The van der Waals surface area contributed by atoms with E-state index in [0.717, 1.165) is 11.3 Å². The van der Waals surface area contributed by atoms with E-state index in [2.05, 4.69) is 10.4 Å². The van der Waals surface area contributed by atoms with Crippen LogP contribution in [0.25, 0.3) is 5.69 Å². The van der Waals surface area contributed by atoms with Gasteiger partial charge in [0.2, 0.25) is 5.91 Å². The highest BCUT2D eigenvalue weighted by molar-refractivity contribution is 5.75. The van der Waals surface area contributed by atoms with Gasteiger partial charge in [0.15, 0.2) is 0 Å². The fourth-order valence-corrected chi connectivity index (χ4v) is 2.55. The summed E-state index contributed by atoms with van der Waals surface area (Å²) in [5.41, 5.74) is 2.05. The molecule has 3 aromatic rings. The van der Waals surface area contributed by atoms with E-state index in [4.69, 9.17) is 0 Å². The van der Waals surface area contributed by atoms with Crippen molar-refractivity contribution < 1.29 is 9.72 Å². The second-order valence-electron chi connectivity index (χ2n) is 5.86. The van der Waals surface area contributed by atoms with Gasteiger partial charge >= 0.3 is 5.69 Å². The molecule has 0 radical (unpaired) electrons. The van der Waals surface area contributed by atoms with Crippen LogP contribution in [0, 0.1) is 10.1 Å². The second-order valence-corrected chi connectivity index (χ2v) is 5.86. The number of rotatable bonds is 8. The number of nitrogens with zero attached hydrogens (tertiary/aromatic N) is 4. The van der Waals surface area contributed by atoms with Gasteiger partial charge in [0.25, 0.3) is 0 Å². The number of benzene rings is 1. The molecule has 0 aliphatic carbocycles. The van der Waals surface area contributed by atoms with Gasteiger partial charge in [-0.2, -0.15) is 5.10 Å². The lowest BCUT2D eigenvalue weighted by molar-refractivity contribution is -0.385. The monoisotopic (exact) mass is 353 g/mol. The quantitative estimate of drug-likeness (QED) is 0.497. The molecule has 0 aliphatic rings. The first-order valence-corrected chi connectivity index (χ1v) is 8.27. The minimum absolute atomic E-state index is 0.0437. The first-order valence-electron chi connectivity index (χ1n) is 8.27. The van der Waals surface area contributed by atoms with Crippen LogP contribution in [-0.2, 0) is 17.9 Å². The molecule has 8 nitrogen and oxygen atoms in total. The van der Waals surface area contributed by atoms with Crippen molar-refractivity contribution in [2.24, 2.45) is 0 Å². The van der Waals surface area contributed by atoms with Gasteiger partial charge in [0, 0.05) is 37.6 Å². The molecule has 0 spiro atoms. The molecule has 0 saturated heterocycles. The van der Waals surface area contributed by atoms with Crippen LogP contribution in [0.2, 0.25) is 0 Å². The average Bonchev–Trinajstić information content (AvgIpc) is 3.32. The van der Waals surface area contributed by atoms with Crippen LogP contribution in [-0.4, -0.2) is 25.2 Å². The van der Waals surface area contributed by atoms with Gasteiger partial charge in [-0.3, -0.25) is 19.6 Å². The molecule has 3 rings (SSSR count). The van der Waals surface area contributed by atoms with Gasteiger partial charge in [-0.05, 0) is 36.2 Å². The van der Waals surface area contributed by atoms with Crippen LogP contribution >= 0.6 is 0 Å². The van der Waals surface area contributed by atoms with Gasteiger partial charge in [-0.15, -0.1) is 0 Å². The second kappa shape index (κ2) is 8.11. The first kappa shape index (κ1) is 17.4. The summed E-state index contributed by atoms with van der Waals surface area (Å²) < 4.78 is 3.49. The van der Waals surface area contributed by atoms with Crippen molar-refractivity contribution >= 4 is 11.6 Å². The molecular formula is C18H19N5O3. The lowest BCUT2D eigenvalue weighted by atomic mass is 10.2. The first-order chi connectivity index (χ1) is 12.6. The van der Waals surface area contributed by atoms with Crippen LogP contribution in [0.15, 0.2) is 61.2 Å². The standard InChI is InChI=1S/C18H19N5O3/c24-18(4-3-11-22-14-17(13-20-22)23(25)26)19-12-15-5-7-16(8-6-15)21-9-1-2-10-21/h1-2,5-10,13-14H,3-4,11-12H2,(H,19,24). The third-order valence-electron chi connectivity index (χ3n) is 3.95. The number of aryl methyl sites for hydroxylation is 1. The summed E-state index contributed by atoms with van der Waals surface area (Å²) in [5.74, 6) is -0.0545. The van der Waals surface area contributed by atoms with E-state index in [0.29, 0.717) is 25.9 Å². The normalized spacial score (nSPS) is 10.6. The zero-order chi connectivity index (χ0) is 18.4. The molecule has 26 heavy (non-hydrogen) atoms. The summed E-state index contributed by atoms with van der Waals surface area (Å²) in [6.45, 7) is 0.935. The fraction of sp³-hybridized carbons (Fsp3) is 0.222. The highest BCUT2D eigenvalue weighted by atomic mass is 16.6. The van der Waals surface area contributed by atoms with Crippen molar-refractivity contribution in [1.29, 1.82) is 0 Å². The van der Waals surface area contributed by atoms with E-state index >= 15 is 0 Å². The molecule has 8 heteroatoms. The van der Waals surface area contributed by atoms with Gasteiger partial charge < -0.3 is 9.88 Å². The molecular weight excluding hydrogens is 334 g/mol. The highest BCUT2D eigenvalue weighted by Crippen LogP contribution is 2.10. The number of aromatic nitrogens is 3. The Bertz CT molecular complexity index is 869. The zero-order valence-electron chi connectivity index (χ0n) is 14.1. The van der Waals surface area contributed by atoms with Gasteiger partial charge in [0.1, 0.15) is 12.4 Å². The predicted octanol–water partition coefficient (Wildman–Crippen LogP) is 2.68. The molecule has 0 saturated carbocycles. The lowest BCUT2D eigenvalue weighted by Gasteiger charge is -2.07. The molecule has 0 unspecified atom stereocenters. The molecule has 2 aromatic heterocycles. The van der Waals surface area contributed by atoms with Gasteiger partial charge in [0.05, 0.1) is 4.92 Å². The lowest BCUT2D eigenvalue weighted by Crippen LogP contribution is -2.22. The maximum atomic E-state index is 11.9. The Kier molecular flexibility index (Phi) is 5.43. The Labute approximate surface area is 150 Å². The smallest absolute Gasteiger partial charge is 0.306 e. The predicted molar refractivity (Wildman–Crippen MR) is 95.7 cm³/mol. The number of carbonyl (C=O) groups excluding carboxylic acids is 1. The third kappa shape index (κ3) is 4.56. The molecule has 0 bridgehead atoms. The number of nitro groups is 1. The third-order valence-corrected chi connectivity index (χ3v) is 3.95. The summed E-state index contributed by atoms with van der Waals surface area (Å²) in [5, 5.41) is 17.4. The van der Waals surface area contributed by atoms with Crippen molar-refractivity contribution in [3.8, 4) is 5.69 Å². The van der Waals surface area contributed by atoms with Crippen molar-refractivity contribution in [3.05, 3.63) is 76.9 Å². The van der Waals surface area contributed by atoms with Crippen molar-refractivity contribution in [1.82, 2.24) is 19.7 Å². The maximum absolute atomic E-state index is 11.9. The van der Waals surface area contributed by atoms with Crippen molar-refractivity contribution in [2.75, 3.05) is 0 Å². The number of carbonyl (C=O) groups is 1. The Morgan fingerprint density at radius 3 is 2.58 bits per heavy atom. The van der Waals surface area contributed by atoms with E-state index in [1.807, 2.05) is 53.4 Å². The van der Waals surface area contributed by atoms with E-state index < -0.39 is 4.92 Å².